The minimum atomic E-state index is -0.622. The number of benzene rings is 2. The van der Waals surface area contributed by atoms with E-state index in [1.165, 1.54) is 12.1 Å². The van der Waals surface area contributed by atoms with E-state index in [0.717, 1.165) is 22.4 Å². The van der Waals surface area contributed by atoms with Crippen LogP contribution in [0.1, 0.15) is 29.2 Å². The smallest absolute Gasteiger partial charge is 0.261 e. The molecule has 122 valence electrons. The van der Waals surface area contributed by atoms with Crippen molar-refractivity contribution in [2.75, 3.05) is 0 Å². The lowest BCUT2D eigenvalue weighted by atomic mass is 10.1. The van der Waals surface area contributed by atoms with Crippen LogP contribution in [0.5, 0.6) is 5.75 Å². The number of nitrogens with one attached hydrogen (secondary N) is 1. The maximum Gasteiger partial charge on any atom is 0.261 e. The molecule has 0 aromatic heterocycles. The van der Waals surface area contributed by atoms with Crippen LogP contribution in [0, 0.1) is 26.6 Å². The van der Waals surface area contributed by atoms with Crippen molar-refractivity contribution in [3.63, 3.8) is 0 Å². The maximum absolute atomic E-state index is 13.1. The summed E-state index contributed by atoms with van der Waals surface area (Å²) in [5.74, 6) is 0.177. The highest BCUT2D eigenvalue weighted by molar-refractivity contribution is 5.80. The minimum absolute atomic E-state index is 0.229. The van der Waals surface area contributed by atoms with Gasteiger partial charge in [0.15, 0.2) is 6.10 Å². The third-order valence-electron chi connectivity index (χ3n) is 3.79. The summed E-state index contributed by atoms with van der Waals surface area (Å²) in [7, 11) is 0. The van der Waals surface area contributed by atoms with E-state index in [1.807, 2.05) is 26.8 Å². The summed E-state index contributed by atoms with van der Waals surface area (Å²) in [5.41, 5.74) is 3.97. The summed E-state index contributed by atoms with van der Waals surface area (Å²) in [6.45, 7) is 7.97. The SMILES string of the molecule is Cc1cc(C)c(C)c(OC(C)C(=O)NCc2cccc(F)c2)c1. The van der Waals surface area contributed by atoms with Crippen molar-refractivity contribution < 1.29 is 13.9 Å². The lowest BCUT2D eigenvalue weighted by Crippen LogP contribution is -2.36. The van der Waals surface area contributed by atoms with Gasteiger partial charge in [0.2, 0.25) is 0 Å². The van der Waals surface area contributed by atoms with E-state index in [2.05, 4.69) is 11.4 Å². The highest BCUT2D eigenvalue weighted by atomic mass is 19.1. The van der Waals surface area contributed by atoms with E-state index in [9.17, 15) is 9.18 Å². The Balaban J connectivity index is 1.98. The van der Waals surface area contributed by atoms with Gasteiger partial charge < -0.3 is 10.1 Å². The number of carbonyl (C=O) groups excluding carboxylic acids is 1. The lowest BCUT2D eigenvalue weighted by molar-refractivity contribution is -0.127. The standard InChI is InChI=1S/C19H22FNO2/c1-12-8-13(2)14(3)18(9-12)23-15(4)19(22)21-11-16-6-5-7-17(20)10-16/h5-10,15H,11H2,1-4H3,(H,21,22). The average Bonchev–Trinajstić information content (AvgIpc) is 2.49. The van der Waals surface area contributed by atoms with Crippen molar-refractivity contribution >= 4 is 5.91 Å². The largest absolute Gasteiger partial charge is 0.481 e. The molecule has 0 spiro atoms. The Kier molecular flexibility index (Phi) is 5.37. The quantitative estimate of drug-likeness (QED) is 0.910. The molecule has 0 aliphatic heterocycles. The normalized spacial score (nSPS) is 11.9. The zero-order chi connectivity index (χ0) is 17.0. The van der Waals surface area contributed by atoms with Crippen molar-refractivity contribution in [3.8, 4) is 5.75 Å². The number of aryl methyl sites for hydroxylation is 2. The molecule has 0 aliphatic rings. The number of rotatable bonds is 5. The topological polar surface area (TPSA) is 38.3 Å². The van der Waals surface area contributed by atoms with Gasteiger partial charge in [0.05, 0.1) is 0 Å². The fourth-order valence-electron chi connectivity index (χ4n) is 2.35. The van der Waals surface area contributed by atoms with E-state index in [-0.39, 0.29) is 18.3 Å². The van der Waals surface area contributed by atoms with Gasteiger partial charge in [-0.05, 0) is 68.1 Å². The molecule has 2 aromatic rings. The Hall–Kier alpha value is -2.36. The van der Waals surface area contributed by atoms with Crippen molar-refractivity contribution in [3.05, 3.63) is 64.5 Å². The van der Waals surface area contributed by atoms with Crippen molar-refractivity contribution in [2.45, 2.75) is 40.3 Å². The molecule has 0 bridgehead atoms. The van der Waals surface area contributed by atoms with Crippen molar-refractivity contribution in [1.29, 1.82) is 0 Å². The molecule has 1 atom stereocenters. The first-order valence-corrected chi connectivity index (χ1v) is 7.63. The summed E-state index contributed by atoms with van der Waals surface area (Å²) < 4.78 is 18.9. The molecule has 0 aliphatic carbocycles. The molecule has 23 heavy (non-hydrogen) atoms. The fraction of sp³-hybridized carbons (Fsp3) is 0.316. The number of hydrogen-bond donors (Lipinski definition) is 1. The molecule has 0 radical (unpaired) electrons. The van der Waals surface area contributed by atoms with Crippen LogP contribution in [0.25, 0.3) is 0 Å². The molecule has 2 aromatic carbocycles. The van der Waals surface area contributed by atoms with Gasteiger partial charge >= 0.3 is 0 Å². The Labute approximate surface area is 136 Å². The predicted octanol–water partition coefficient (Wildman–Crippen LogP) is 3.83. The van der Waals surface area contributed by atoms with E-state index in [4.69, 9.17) is 4.74 Å². The van der Waals surface area contributed by atoms with Gasteiger partial charge in [-0.1, -0.05) is 18.2 Å². The molecule has 0 saturated heterocycles. The van der Waals surface area contributed by atoms with Gasteiger partial charge in [-0.3, -0.25) is 4.79 Å². The summed E-state index contributed by atoms with van der Waals surface area (Å²) in [4.78, 5) is 12.2. The van der Waals surface area contributed by atoms with Crippen LogP contribution in [-0.4, -0.2) is 12.0 Å². The third-order valence-corrected chi connectivity index (χ3v) is 3.79. The van der Waals surface area contributed by atoms with Crippen LogP contribution in [0.3, 0.4) is 0 Å². The van der Waals surface area contributed by atoms with Crippen molar-refractivity contribution in [2.24, 2.45) is 0 Å². The monoisotopic (exact) mass is 315 g/mol. The number of ether oxygens (including phenoxy) is 1. The summed E-state index contributed by atoms with van der Waals surface area (Å²) in [5, 5.41) is 2.76. The van der Waals surface area contributed by atoms with Gasteiger partial charge in [-0.15, -0.1) is 0 Å². The second-order valence-corrected chi connectivity index (χ2v) is 5.81. The predicted molar refractivity (Wildman–Crippen MR) is 89.0 cm³/mol. The molecule has 4 heteroatoms. The number of amides is 1. The highest BCUT2D eigenvalue weighted by Gasteiger charge is 2.16. The number of carbonyl (C=O) groups is 1. The van der Waals surface area contributed by atoms with Crippen molar-refractivity contribution in [1.82, 2.24) is 5.32 Å². The first kappa shape index (κ1) is 17.0. The fourth-order valence-corrected chi connectivity index (χ4v) is 2.35. The van der Waals surface area contributed by atoms with E-state index < -0.39 is 6.10 Å². The van der Waals surface area contributed by atoms with Gasteiger partial charge in [0, 0.05) is 6.54 Å². The summed E-state index contributed by atoms with van der Waals surface area (Å²) >= 11 is 0. The van der Waals surface area contributed by atoms with Gasteiger partial charge in [0.25, 0.3) is 5.91 Å². The first-order valence-electron chi connectivity index (χ1n) is 7.63. The van der Waals surface area contributed by atoms with Crippen LogP contribution in [-0.2, 0) is 11.3 Å². The van der Waals surface area contributed by atoms with E-state index >= 15 is 0 Å². The molecule has 1 N–H and O–H groups in total. The van der Waals surface area contributed by atoms with Crippen LogP contribution in [0.2, 0.25) is 0 Å². The van der Waals surface area contributed by atoms with Gasteiger partial charge in [-0.25, -0.2) is 4.39 Å². The first-order chi connectivity index (χ1) is 10.9. The van der Waals surface area contributed by atoms with Crippen LogP contribution >= 0.6 is 0 Å². The molecule has 1 amide bonds. The molecule has 2 rings (SSSR count). The minimum Gasteiger partial charge on any atom is -0.481 e. The van der Waals surface area contributed by atoms with Gasteiger partial charge in [0.1, 0.15) is 11.6 Å². The Morgan fingerprint density at radius 2 is 1.96 bits per heavy atom. The molecule has 0 heterocycles. The second kappa shape index (κ2) is 7.27. The zero-order valence-corrected chi connectivity index (χ0v) is 13.9. The molecule has 3 nitrogen and oxygen atoms in total. The second-order valence-electron chi connectivity index (χ2n) is 5.81. The summed E-state index contributed by atoms with van der Waals surface area (Å²) in [6.07, 6.45) is -0.622. The van der Waals surface area contributed by atoms with E-state index in [0.29, 0.717) is 5.56 Å². The Bertz CT molecular complexity index is 713. The number of halogens is 1. The third kappa shape index (κ3) is 4.55. The Morgan fingerprint density at radius 1 is 1.22 bits per heavy atom. The van der Waals surface area contributed by atoms with Gasteiger partial charge in [-0.2, -0.15) is 0 Å². The van der Waals surface area contributed by atoms with Crippen LogP contribution < -0.4 is 10.1 Å². The summed E-state index contributed by atoms with van der Waals surface area (Å²) in [6, 6.07) is 10.2. The molecular formula is C19H22FNO2. The highest BCUT2D eigenvalue weighted by Crippen LogP contribution is 2.24. The average molecular weight is 315 g/mol. The maximum atomic E-state index is 13.1. The molecule has 1 unspecified atom stereocenters. The van der Waals surface area contributed by atoms with E-state index in [1.54, 1.807) is 19.1 Å². The lowest BCUT2D eigenvalue weighted by Gasteiger charge is -2.18. The molecule has 0 saturated carbocycles. The Morgan fingerprint density at radius 3 is 2.65 bits per heavy atom. The zero-order valence-electron chi connectivity index (χ0n) is 13.9. The molecule has 0 fully saturated rings. The molecular weight excluding hydrogens is 293 g/mol. The van der Waals surface area contributed by atoms with Crippen LogP contribution in [0.4, 0.5) is 4.39 Å². The number of hydrogen-bond acceptors (Lipinski definition) is 2. The van der Waals surface area contributed by atoms with Crippen LogP contribution in [0.15, 0.2) is 36.4 Å².